The van der Waals surface area contributed by atoms with Crippen LogP contribution in [0.5, 0.6) is 5.88 Å². The Morgan fingerprint density at radius 3 is 2.80 bits per heavy atom. The van der Waals surface area contributed by atoms with E-state index < -0.39 is 0 Å². The monoisotopic (exact) mass is 288 g/mol. The zero-order valence-corrected chi connectivity index (χ0v) is 12.4. The summed E-state index contributed by atoms with van der Waals surface area (Å²) in [7, 11) is 0. The number of hydrogen-bond donors (Lipinski definition) is 0. The third kappa shape index (κ3) is 2.38. The third-order valence-electron chi connectivity index (χ3n) is 3.99. The molecule has 0 bridgehead atoms. The SMILES string of the molecule is Cc1c(Cl)nnc(OC2CCCc3ccccc32)c1C. The third-order valence-corrected chi connectivity index (χ3v) is 4.35. The highest BCUT2D eigenvalue weighted by Gasteiger charge is 2.23. The molecular weight excluding hydrogens is 272 g/mol. The van der Waals surface area contributed by atoms with E-state index in [0.29, 0.717) is 11.0 Å². The standard InChI is InChI=1S/C16H17ClN2O/c1-10-11(2)16(19-18-15(10)17)20-14-9-5-7-12-6-3-4-8-13(12)14/h3-4,6,8,14H,5,7,9H2,1-2H3. The molecule has 104 valence electrons. The van der Waals surface area contributed by atoms with Crippen LogP contribution in [0.15, 0.2) is 24.3 Å². The first kappa shape index (κ1) is 13.4. The molecule has 1 heterocycles. The average molecular weight is 289 g/mol. The lowest BCUT2D eigenvalue weighted by atomic mass is 9.89. The van der Waals surface area contributed by atoms with Crippen LogP contribution in [0.2, 0.25) is 5.15 Å². The van der Waals surface area contributed by atoms with Gasteiger partial charge in [-0.25, -0.2) is 0 Å². The van der Waals surface area contributed by atoms with Crippen LogP contribution in [0.1, 0.15) is 41.2 Å². The van der Waals surface area contributed by atoms with Crippen LogP contribution >= 0.6 is 11.6 Å². The molecule has 1 aliphatic rings. The van der Waals surface area contributed by atoms with E-state index >= 15 is 0 Å². The van der Waals surface area contributed by atoms with E-state index in [9.17, 15) is 0 Å². The maximum Gasteiger partial charge on any atom is 0.237 e. The van der Waals surface area contributed by atoms with E-state index in [1.165, 1.54) is 11.1 Å². The van der Waals surface area contributed by atoms with Gasteiger partial charge in [0.2, 0.25) is 5.88 Å². The molecule has 4 heteroatoms. The molecule has 0 saturated heterocycles. The molecule has 0 saturated carbocycles. The first-order valence-corrected chi connectivity index (χ1v) is 7.28. The van der Waals surface area contributed by atoms with E-state index in [4.69, 9.17) is 16.3 Å². The van der Waals surface area contributed by atoms with Gasteiger partial charge in [0, 0.05) is 5.56 Å². The second-order valence-electron chi connectivity index (χ2n) is 5.24. The van der Waals surface area contributed by atoms with E-state index in [1.54, 1.807) is 0 Å². The minimum atomic E-state index is 0.0634. The number of ether oxygens (including phenoxy) is 1. The summed E-state index contributed by atoms with van der Waals surface area (Å²) in [6.45, 7) is 3.91. The van der Waals surface area contributed by atoms with Gasteiger partial charge in [-0.3, -0.25) is 0 Å². The van der Waals surface area contributed by atoms with Crippen molar-refractivity contribution in [2.75, 3.05) is 0 Å². The molecule has 1 atom stereocenters. The zero-order valence-electron chi connectivity index (χ0n) is 11.7. The van der Waals surface area contributed by atoms with Crippen molar-refractivity contribution >= 4 is 11.6 Å². The summed E-state index contributed by atoms with van der Waals surface area (Å²) in [5.74, 6) is 0.591. The van der Waals surface area contributed by atoms with Crippen molar-refractivity contribution < 1.29 is 4.74 Å². The van der Waals surface area contributed by atoms with Crippen LogP contribution in [0.25, 0.3) is 0 Å². The summed E-state index contributed by atoms with van der Waals surface area (Å²) in [5.41, 5.74) is 4.54. The Hall–Kier alpha value is -1.61. The van der Waals surface area contributed by atoms with E-state index in [0.717, 1.165) is 30.4 Å². The summed E-state index contributed by atoms with van der Waals surface area (Å²) >= 11 is 5.98. The maximum absolute atomic E-state index is 6.12. The van der Waals surface area contributed by atoms with Crippen LogP contribution in [0.4, 0.5) is 0 Å². The van der Waals surface area contributed by atoms with Gasteiger partial charge in [0.15, 0.2) is 5.15 Å². The molecule has 1 unspecified atom stereocenters. The van der Waals surface area contributed by atoms with Gasteiger partial charge in [0.05, 0.1) is 0 Å². The first-order valence-electron chi connectivity index (χ1n) is 6.90. The molecule has 0 radical (unpaired) electrons. The van der Waals surface area contributed by atoms with Crippen molar-refractivity contribution in [3.63, 3.8) is 0 Å². The fourth-order valence-corrected chi connectivity index (χ4v) is 2.81. The zero-order chi connectivity index (χ0) is 14.1. The average Bonchev–Trinajstić information content (AvgIpc) is 2.48. The second-order valence-corrected chi connectivity index (χ2v) is 5.60. The summed E-state index contributed by atoms with van der Waals surface area (Å²) in [6, 6.07) is 8.46. The van der Waals surface area contributed by atoms with Gasteiger partial charge in [-0.05, 0) is 49.8 Å². The van der Waals surface area contributed by atoms with Crippen LogP contribution in [-0.2, 0) is 6.42 Å². The highest BCUT2D eigenvalue weighted by Crippen LogP contribution is 2.34. The molecule has 1 aromatic carbocycles. The molecule has 3 rings (SSSR count). The number of rotatable bonds is 2. The van der Waals surface area contributed by atoms with Crippen molar-refractivity contribution in [2.45, 2.75) is 39.2 Å². The molecule has 3 nitrogen and oxygen atoms in total. The van der Waals surface area contributed by atoms with Crippen LogP contribution in [-0.4, -0.2) is 10.2 Å². The van der Waals surface area contributed by atoms with Crippen LogP contribution < -0.4 is 4.74 Å². The Morgan fingerprint density at radius 1 is 1.15 bits per heavy atom. The summed E-state index contributed by atoms with van der Waals surface area (Å²) < 4.78 is 6.12. The molecule has 2 aromatic rings. The summed E-state index contributed by atoms with van der Waals surface area (Å²) in [4.78, 5) is 0. The molecular formula is C16H17ClN2O. The molecule has 0 fully saturated rings. The number of aryl methyl sites for hydroxylation is 1. The summed E-state index contributed by atoms with van der Waals surface area (Å²) in [5, 5.41) is 8.50. The highest BCUT2D eigenvalue weighted by atomic mass is 35.5. The van der Waals surface area contributed by atoms with Gasteiger partial charge < -0.3 is 4.74 Å². The van der Waals surface area contributed by atoms with Gasteiger partial charge in [0.25, 0.3) is 0 Å². The smallest absolute Gasteiger partial charge is 0.237 e. The Labute approximate surface area is 123 Å². The largest absolute Gasteiger partial charge is 0.468 e. The van der Waals surface area contributed by atoms with Crippen molar-refractivity contribution in [3.8, 4) is 5.88 Å². The predicted molar refractivity (Wildman–Crippen MR) is 79.3 cm³/mol. The molecule has 0 N–H and O–H groups in total. The van der Waals surface area contributed by atoms with E-state index in [1.807, 2.05) is 13.8 Å². The number of benzene rings is 1. The second kappa shape index (κ2) is 5.41. The van der Waals surface area contributed by atoms with Gasteiger partial charge >= 0.3 is 0 Å². The van der Waals surface area contributed by atoms with Crippen molar-refractivity contribution in [2.24, 2.45) is 0 Å². The maximum atomic E-state index is 6.12. The van der Waals surface area contributed by atoms with Gasteiger partial charge in [-0.15, -0.1) is 10.2 Å². The number of fused-ring (bicyclic) bond motifs is 1. The fraction of sp³-hybridized carbons (Fsp3) is 0.375. The van der Waals surface area contributed by atoms with Gasteiger partial charge in [0.1, 0.15) is 6.10 Å². The first-order chi connectivity index (χ1) is 9.66. The number of halogens is 1. The van der Waals surface area contributed by atoms with Crippen molar-refractivity contribution in [3.05, 3.63) is 51.7 Å². The molecule has 20 heavy (non-hydrogen) atoms. The van der Waals surface area contributed by atoms with E-state index in [-0.39, 0.29) is 6.10 Å². The lowest BCUT2D eigenvalue weighted by molar-refractivity contribution is 0.172. The number of aromatic nitrogens is 2. The highest BCUT2D eigenvalue weighted by molar-refractivity contribution is 6.30. The van der Waals surface area contributed by atoms with Crippen LogP contribution in [0, 0.1) is 13.8 Å². The Balaban J connectivity index is 1.92. The minimum Gasteiger partial charge on any atom is -0.468 e. The number of nitrogens with zero attached hydrogens (tertiary/aromatic N) is 2. The minimum absolute atomic E-state index is 0.0634. The van der Waals surface area contributed by atoms with Crippen molar-refractivity contribution in [1.82, 2.24) is 10.2 Å². The van der Waals surface area contributed by atoms with E-state index in [2.05, 4.69) is 34.5 Å². The molecule has 0 spiro atoms. The van der Waals surface area contributed by atoms with Gasteiger partial charge in [-0.1, -0.05) is 35.9 Å². The van der Waals surface area contributed by atoms with Crippen molar-refractivity contribution in [1.29, 1.82) is 0 Å². The molecule has 0 amide bonds. The Kier molecular flexibility index (Phi) is 3.62. The Morgan fingerprint density at radius 2 is 1.95 bits per heavy atom. The normalized spacial score (nSPS) is 17.6. The number of hydrogen-bond acceptors (Lipinski definition) is 3. The predicted octanol–water partition coefficient (Wildman–Crippen LogP) is 4.20. The Bertz CT molecular complexity index is 642. The molecule has 1 aromatic heterocycles. The molecule has 1 aliphatic carbocycles. The van der Waals surface area contributed by atoms with Gasteiger partial charge in [-0.2, -0.15) is 0 Å². The topological polar surface area (TPSA) is 35.0 Å². The lowest BCUT2D eigenvalue weighted by Gasteiger charge is -2.26. The van der Waals surface area contributed by atoms with Crippen LogP contribution in [0.3, 0.4) is 0 Å². The molecule has 0 aliphatic heterocycles. The summed E-state index contributed by atoms with van der Waals surface area (Å²) in [6.07, 6.45) is 3.34. The lowest BCUT2D eigenvalue weighted by Crippen LogP contribution is -2.16. The fourth-order valence-electron chi connectivity index (χ4n) is 2.63. The quantitative estimate of drug-likeness (QED) is 0.830.